The number of ether oxygens (including phenoxy) is 1. The molecule has 0 fully saturated rings. The summed E-state index contributed by atoms with van der Waals surface area (Å²) >= 11 is 1.59. The van der Waals surface area contributed by atoms with Crippen molar-refractivity contribution < 1.29 is 9.53 Å². The van der Waals surface area contributed by atoms with Crippen molar-refractivity contribution in [2.24, 2.45) is 0 Å². The van der Waals surface area contributed by atoms with Gasteiger partial charge < -0.3 is 15.0 Å². The molecule has 2 N–H and O–H groups in total. The third-order valence-corrected chi connectivity index (χ3v) is 5.46. The van der Waals surface area contributed by atoms with Crippen molar-refractivity contribution in [2.75, 3.05) is 7.11 Å². The van der Waals surface area contributed by atoms with E-state index in [4.69, 9.17) is 4.74 Å². The van der Waals surface area contributed by atoms with Crippen LogP contribution in [0.3, 0.4) is 0 Å². The number of amides is 1. The predicted octanol–water partition coefficient (Wildman–Crippen LogP) is 4.67. The van der Waals surface area contributed by atoms with E-state index in [9.17, 15) is 4.79 Å². The number of benzene rings is 2. The van der Waals surface area contributed by atoms with Crippen LogP contribution in [0.5, 0.6) is 5.75 Å². The number of hydrogen-bond donors (Lipinski definition) is 2. The Bertz CT molecular complexity index is 1090. The van der Waals surface area contributed by atoms with Crippen molar-refractivity contribution in [2.45, 2.75) is 13.0 Å². The summed E-state index contributed by atoms with van der Waals surface area (Å²) in [7, 11) is 1.65. The van der Waals surface area contributed by atoms with Crippen molar-refractivity contribution in [1.29, 1.82) is 0 Å². The van der Waals surface area contributed by atoms with Crippen LogP contribution < -0.4 is 10.1 Å². The second-order valence-corrected chi connectivity index (χ2v) is 7.64. The highest BCUT2D eigenvalue weighted by atomic mass is 32.1. The van der Waals surface area contributed by atoms with Gasteiger partial charge in [0.1, 0.15) is 11.6 Å². The van der Waals surface area contributed by atoms with Crippen LogP contribution in [0.25, 0.3) is 22.6 Å². The zero-order valence-corrected chi connectivity index (χ0v) is 16.8. The molecular weight excluding hydrogens is 382 g/mol. The lowest BCUT2D eigenvalue weighted by molar-refractivity contribution is -0.120. The van der Waals surface area contributed by atoms with E-state index in [0.29, 0.717) is 13.0 Å². The lowest BCUT2D eigenvalue weighted by Crippen LogP contribution is -2.24. The maximum absolute atomic E-state index is 12.1. The van der Waals surface area contributed by atoms with Gasteiger partial charge in [0.05, 0.1) is 25.4 Å². The zero-order valence-electron chi connectivity index (χ0n) is 16.0. The summed E-state index contributed by atoms with van der Waals surface area (Å²) in [6.45, 7) is 0.490. The molecule has 0 saturated heterocycles. The summed E-state index contributed by atoms with van der Waals surface area (Å²) in [5, 5.41) is 4.96. The van der Waals surface area contributed by atoms with Crippen molar-refractivity contribution in [3.05, 3.63) is 82.7 Å². The van der Waals surface area contributed by atoms with E-state index < -0.39 is 0 Å². The smallest absolute Gasteiger partial charge is 0.225 e. The number of imidazole rings is 1. The Morgan fingerprint density at radius 3 is 2.72 bits per heavy atom. The van der Waals surface area contributed by atoms with Gasteiger partial charge in [0.2, 0.25) is 5.91 Å². The van der Waals surface area contributed by atoms with E-state index in [-0.39, 0.29) is 5.91 Å². The molecule has 6 heteroatoms. The Balaban J connectivity index is 1.43. The summed E-state index contributed by atoms with van der Waals surface area (Å²) in [5.74, 6) is 1.64. The van der Waals surface area contributed by atoms with Gasteiger partial charge in [0.25, 0.3) is 0 Å². The number of nitrogens with one attached hydrogen (secondary N) is 2. The molecule has 0 atom stereocenters. The normalized spacial score (nSPS) is 10.7. The zero-order chi connectivity index (χ0) is 20.1. The van der Waals surface area contributed by atoms with Gasteiger partial charge in [-0.15, -0.1) is 11.3 Å². The Morgan fingerprint density at radius 2 is 1.97 bits per heavy atom. The first kappa shape index (κ1) is 19.0. The fourth-order valence-electron chi connectivity index (χ4n) is 3.05. The molecule has 2 aromatic heterocycles. The maximum Gasteiger partial charge on any atom is 0.225 e. The quantitative estimate of drug-likeness (QED) is 0.471. The Kier molecular flexibility index (Phi) is 5.72. The maximum atomic E-state index is 12.1. The van der Waals surface area contributed by atoms with Crippen molar-refractivity contribution in [3.63, 3.8) is 0 Å². The monoisotopic (exact) mass is 403 g/mol. The van der Waals surface area contributed by atoms with Crippen LogP contribution >= 0.6 is 11.3 Å². The molecule has 0 unspecified atom stereocenters. The highest BCUT2D eigenvalue weighted by Gasteiger charge is 2.08. The minimum Gasteiger partial charge on any atom is -0.497 e. The molecule has 0 spiro atoms. The number of aromatic amines is 1. The molecule has 5 nitrogen and oxygen atoms in total. The predicted molar refractivity (Wildman–Crippen MR) is 116 cm³/mol. The largest absolute Gasteiger partial charge is 0.497 e. The number of carbonyl (C=O) groups excluding carboxylic acids is 1. The molecule has 4 aromatic rings. The SMILES string of the molecule is COc1ccc(-c2cnc(-c3cccc(CNC(=O)Cc4cccs4)c3)[nH]2)cc1. The summed E-state index contributed by atoms with van der Waals surface area (Å²) < 4.78 is 5.21. The lowest BCUT2D eigenvalue weighted by atomic mass is 10.1. The topological polar surface area (TPSA) is 67.0 Å². The highest BCUT2D eigenvalue weighted by molar-refractivity contribution is 7.10. The van der Waals surface area contributed by atoms with E-state index in [2.05, 4.69) is 15.3 Å². The van der Waals surface area contributed by atoms with Crippen LogP contribution in [0.1, 0.15) is 10.4 Å². The van der Waals surface area contributed by atoms with E-state index >= 15 is 0 Å². The molecule has 29 heavy (non-hydrogen) atoms. The van der Waals surface area contributed by atoms with E-state index in [0.717, 1.165) is 38.8 Å². The van der Waals surface area contributed by atoms with Gasteiger partial charge in [-0.3, -0.25) is 4.79 Å². The molecular formula is C23H21N3O2S. The number of aromatic nitrogens is 2. The first-order valence-corrected chi connectivity index (χ1v) is 10.2. The molecule has 0 aliphatic carbocycles. The number of carbonyl (C=O) groups is 1. The van der Waals surface area contributed by atoms with E-state index in [1.165, 1.54) is 0 Å². The average Bonchev–Trinajstić information content (AvgIpc) is 3.45. The summed E-state index contributed by atoms with van der Waals surface area (Å²) in [6, 6.07) is 19.8. The van der Waals surface area contributed by atoms with Crippen LogP contribution in [-0.4, -0.2) is 23.0 Å². The van der Waals surface area contributed by atoms with Crippen molar-refractivity contribution in [3.8, 4) is 28.4 Å². The van der Waals surface area contributed by atoms with Crippen LogP contribution in [0, 0.1) is 0 Å². The first-order chi connectivity index (χ1) is 14.2. The van der Waals surface area contributed by atoms with Gasteiger partial charge in [-0.2, -0.15) is 0 Å². The molecule has 4 rings (SSSR count). The van der Waals surface area contributed by atoms with Crippen LogP contribution in [0.15, 0.2) is 72.2 Å². The number of H-pyrrole nitrogens is 1. The third-order valence-electron chi connectivity index (χ3n) is 4.58. The van der Waals surface area contributed by atoms with Gasteiger partial charge >= 0.3 is 0 Å². The van der Waals surface area contributed by atoms with Crippen LogP contribution in [0.4, 0.5) is 0 Å². The minimum absolute atomic E-state index is 0.0256. The second kappa shape index (κ2) is 8.75. The fourth-order valence-corrected chi connectivity index (χ4v) is 3.75. The summed E-state index contributed by atoms with van der Waals surface area (Å²) in [6.07, 6.45) is 2.24. The Labute approximate surface area is 173 Å². The van der Waals surface area contributed by atoms with E-state index in [1.54, 1.807) is 18.4 Å². The van der Waals surface area contributed by atoms with Gasteiger partial charge in [-0.1, -0.05) is 24.3 Å². The van der Waals surface area contributed by atoms with Crippen molar-refractivity contribution >= 4 is 17.2 Å². The average molecular weight is 404 g/mol. The van der Waals surface area contributed by atoms with Gasteiger partial charge in [-0.05, 0) is 52.9 Å². The molecule has 0 radical (unpaired) electrons. The summed E-state index contributed by atoms with van der Waals surface area (Å²) in [5.41, 5.74) is 4.00. The highest BCUT2D eigenvalue weighted by Crippen LogP contribution is 2.24. The Morgan fingerprint density at radius 1 is 1.10 bits per heavy atom. The molecule has 146 valence electrons. The van der Waals surface area contributed by atoms with Crippen LogP contribution in [0.2, 0.25) is 0 Å². The van der Waals surface area contributed by atoms with E-state index in [1.807, 2.05) is 72.2 Å². The molecule has 2 aromatic carbocycles. The van der Waals surface area contributed by atoms with Gasteiger partial charge in [-0.25, -0.2) is 4.98 Å². The number of thiophene rings is 1. The molecule has 2 heterocycles. The first-order valence-electron chi connectivity index (χ1n) is 9.29. The molecule has 1 amide bonds. The van der Waals surface area contributed by atoms with Crippen LogP contribution in [-0.2, 0) is 17.8 Å². The molecule has 0 aliphatic heterocycles. The number of nitrogens with zero attached hydrogens (tertiary/aromatic N) is 1. The van der Waals surface area contributed by atoms with Gasteiger partial charge in [0.15, 0.2) is 0 Å². The number of rotatable bonds is 7. The second-order valence-electron chi connectivity index (χ2n) is 6.61. The molecule has 0 saturated carbocycles. The lowest BCUT2D eigenvalue weighted by Gasteiger charge is -2.06. The molecule has 0 aliphatic rings. The van der Waals surface area contributed by atoms with Gasteiger partial charge in [0, 0.05) is 17.0 Å². The minimum atomic E-state index is 0.0256. The summed E-state index contributed by atoms with van der Waals surface area (Å²) in [4.78, 5) is 21.1. The third kappa shape index (κ3) is 4.73. The number of methoxy groups -OCH3 is 1. The number of hydrogen-bond acceptors (Lipinski definition) is 4. The molecule has 0 bridgehead atoms. The van der Waals surface area contributed by atoms with Crippen molar-refractivity contribution in [1.82, 2.24) is 15.3 Å². The Hall–Kier alpha value is -3.38. The fraction of sp³-hybridized carbons (Fsp3) is 0.130. The standard InChI is InChI=1S/C23H21N3O2S/c1-28-19-9-7-17(8-10-19)21-15-25-23(26-21)18-5-2-4-16(12-18)14-24-22(27)13-20-6-3-11-29-20/h2-12,15H,13-14H2,1H3,(H,24,27)(H,25,26).